The SMILES string of the molecule is NCc1cccc(NC(=O)N2CCC[C@H]3CCCC[C@H]32)c1. The van der Waals surface area contributed by atoms with Crippen molar-refractivity contribution in [3.8, 4) is 0 Å². The van der Waals surface area contributed by atoms with E-state index < -0.39 is 0 Å². The molecular formula is C17H25N3O. The highest BCUT2D eigenvalue weighted by Crippen LogP contribution is 2.35. The number of nitrogens with one attached hydrogen (secondary N) is 1. The Hall–Kier alpha value is -1.55. The first-order chi connectivity index (χ1) is 10.3. The maximum Gasteiger partial charge on any atom is 0.322 e. The zero-order valence-corrected chi connectivity index (χ0v) is 12.6. The lowest BCUT2D eigenvalue weighted by Gasteiger charge is -2.44. The minimum absolute atomic E-state index is 0.0563. The number of nitrogens with zero attached hydrogens (tertiary/aromatic N) is 1. The molecule has 0 spiro atoms. The molecule has 1 aromatic carbocycles. The Labute approximate surface area is 126 Å². The van der Waals surface area contributed by atoms with Gasteiger partial charge in [0.2, 0.25) is 0 Å². The summed E-state index contributed by atoms with van der Waals surface area (Å²) in [5.41, 5.74) is 7.55. The molecule has 0 bridgehead atoms. The van der Waals surface area contributed by atoms with Crippen LogP contribution in [0.1, 0.15) is 44.1 Å². The van der Waals surface area contributed by atoms with E-state index in [1.807, 2.05) is 24.3 Å². The van der Waals surface area contributed by atoms with E-state index in [2.05, 4.69) is 10.2 Å². The number of fused-ring (bicyclic) bond motifs is 1. The highest BCUT2D eigenvalue weighted by Gasteiger charge is 2.35. The molecule has 1 saturated heterocycles. The first kappa shape index (κ1) is 14.4. The van der Waals surface area contributed by atoms with Gasteiger partial charge in [-0.15, -0.1) is 0 Å². The van der Waals surface area contributed by atoms with Crippen LogP contribution in [0.2, 0.25) is 0 Å². The number of nitrogens with two attached hydrogens (primary N) is 1. The van der Waals surface area contributed by atoms with Gasteiger partial charge in [0.15, 0.2) is 0 Å². The number of urea groups is 1. The van der Waals surface area contributed by atoms with E-state index in [9.17, 15) is 4.79 Å². The van der Waals surface area contributed by atoms with Gasteiger partial charge in [-0.25, -0.2) is 4.79 Å². The van der Waals surface area contributed by atoms with Gasteiger partial charge in [0, 0.05) is 24.8 Å². The van der Waals surface area contributed by atoms with Crippen LogP contribution >= 0.6 is 0 Å². The van der Waals surface area contributed by atoms with Crippen LogP contribution < -0.4 is 11.1 Å². The van der Waals surface area contributed by atoms with E-state index in [-0.39, 0.29) is 6.03 Å². The summed E-state index contributed by atoms with van der Waals surface area (Å²) in [7, 11) is 0. The molecule has 0 unspecified atom stereocenters. The molecule has 2 atom stereocenters. The summed E-state index contributed by atoms with van der Waals surface area (Å²) in [6, 6.07) is 8.32. The van der Waals surface area contributed by atoms with Crippen molar-refractivity contribution in [1.29, 1.82) is 0 Å². The summed E-state index contributed by atoms with van der Waals surface area (Å²) in [6.07, 6.45) is 7.47. The van der Waals surface area contributed by atoms with E-state index in [1.54, 1.807) is 0 Å². The van der Waals surface area contributed by atoms with Gasteiger partial charge in [-0.1, -0.05) is 25.0 Å². The van der Waals surface area contributed by atoms with Gasteiger partial charge >= 0.3 is 6.03 Å². The summed E-state index contributed by atoms with van der Waals surface area (Å²) >= 11 is 0. The van der Waals surface area contributed by atoms with E-state index in [1.165, 1.54) is 32.1 Å². The van der Waals surface area contributed by atoms with Crippen molar-refractivity contribution in [2.75, 3.05) is 11.9 Å². The number of carbonyl (C=O) groups excluding carboxylic acids is 1. The summed E-state index contributed by atoms with van der Waals surface area (Å²) in [5.74, 6) is 0.716. The Balaban J connectivity index is 1.68. The average Bonchev–Trinajstić information content (AvgIpc) is 2.54. The fourth-order valence-electron chi connectivity index (χ4n) is 3.85. The molecule has 3 N–H and O–H groups in total. The van der Waals surface area contributed by atoms with Crippen LogP contribution in [0.25, 0.3) is 0 Å². The lowest BCUT2D eigenvalue weighted by molar-refractivity contribution is 0.0909. The second kappa shape index (κ2) is 6.48. The second-order valence-corrected chi connectivity index (χ2v) is 6.28. The number of benzene rings is 1. The van der Waals surface area contributed by atoms with Gasteiger partial charge in [-0.2, -0.15) is 0 Å². The van der Waals surface area contributed by atoms with E-state index in [4.69, 9.17) is 5.73 Å². The van der Waals surface area contributed by atoms with Crippen LogP contribution in [0.4, 0.5) is 10.5 Å². The lowest BCUT2D eigenvalue weighted by Crippen LogP contribution is -2.51. The quantitative estimate of drug-likeness (QED) is 0.876. The molecule has 1 heterocycles. The highest BCUT2D eigenvalue weighted by atomic mass is 16.2. The number of amides is 2. The third-order valence-electron chi connectivity index (χ3n) is 4.92. The molecular weight excluding hydrogens is 262 g/mol. The maximum atomic E-state index is 12.6. The number of likely N-dealkylation sites (tertiary alicyclic amines) is 1. The van der Waals surface area contributed by atoms with Crippen LogP contribution in [0.15, 0.2) is 24.3 Å². The topological polar surface area (TPSA) is 58.4 Å². The predicted octanol–water partition coefficient (Wildman–Crippen LogP) is 3.33. The average molecular weight is 287 g/mol. The van der Waals surface area contributed by atoms with Crippen LogP contribution in [-0.4, -0.2) is 23.5 Å². The molecule has 1 aliphatic heterocycles. The molecule has 2 fully saturated rings. The van der Waals surface area contributed by atoms with Crippen LogP contribution in [0.3, 0.4) is 0 Å². The molecule has 0 aromatic heterocycles. The van der Waals surface area contributed by atoms with Crippen molar-refractivity contribution in [1.82, 2.24) is 4.90 Å². The second-order valence-electron chi connectivity index (χ2n) is 6.28. The van der Waals surface area contributed by atoms with E-state index in [0.29, 0.717) is 18.5 Å². The van der Waals surface area contributed by atoms with Gasteiger partial charge in [-0.05, 0) is 49.3 Å². The molecule has 4 heteroatoms. The Morgan fingerprint density at radius 3 is 2.90 bits per heavy atom. The van der Waals surface area contributed by atoms with Gasteiger partial charge in [0.05, 0.1) is 0 Å². The van der Waals surface area contributed by atoms with Crippen molar-refractivity contribution in [2.45, 2.75) is 51.1 Å². The molecule has 114 valence electrons. The third kappa shape index (κ3) is 3.21. The van der Waals surface area contributed by atoms with Gasteiger partial charge < -0.3 is 16.0 Å². The first-order valence-electron chi connectivity index (χ1n) is 8.14. The first-order valence-corrected chi connectivity index (χ1v) is 8.14. The largest absolute Gasteiger partial charge is 0.326 e. The molecule has 21 heavy (non-hydrogen) atoms. The molecule has 2 aliphatic rings. The Bertz CT molecular complexity index is 501. The summed E-state index contributed by atoms with van der Waals surface area (Å²) in [6.45, 7) is 1.39. The highest BCUT2D eigenvalue weighted by molar-refractivity contribution is 5.89. The Kier molecular flexibility index (Phi) is 4.44. The van der Waals surface area contributed by atoms with Crippen molar-refractivity contribution < 1.29 is 4.79 Å². The van der Waals surface area contributed by atoms with E-state index >= 15 is 0 Å². The predicted molar refractivity (Wildman–Crippen MR) is 85.0 cm³/mol. The van der Waals surface area contributed by atoms with Gasteiger partial charge in [-0.3, -0.25) is 0 Å². The van der Waals surface area contributed by atoms with Crippen molar-refractivity contribution in [3.63, 3.8) is 0 Å². The molecule has 1 aliphatic carbocycles. The summed E-state index contributed by atoms with van der Waals surface area (Å²) in [5, 5.41) is 3.05. The van der Waals surface area contributed by atoms with Crippen molar-refractivity contribution in [3.05, 3.63) is 29.8 Å². The molecule has 0 radical (unpaired) electrons. The van der Waals surface area contributed by atoms with Gasteiger partial charge in [0.1, 0.15) is 0 Å². The van der Waals surface area contributed by atoms with Crippen LogP contribution in [0.5, 0.6) is 0 Å². The van der Waals surface area contributed by atoms with E-state index in [0.717, 1.165) is 24.2 Å². The smallest absolute Gasteiger partial charge is 0.322 e. The molecule has 3 rings (SSSR count). The number of anilines is 1. The minimum Gasteiger partial charge on any atom is -0.326 e. The monoisotopic (exact) mass is 287 g/mol. The van der Waals surface area contributed by atoms with Crippen LogP contribution in [-0.2, 0) is 6.54 Å². The molecule has 1 saturated carbocycles. The number of hydrogen-bond donors (Lipinski definition) is 2. The number of hydrogen-bond acceptors (Lipinski definition) is 2. The zero-order valence-electron chi connectivity index (χ0n) is 12.6. The maximum absolute atomic E-state index is 12.6. The number of carbonyl (C=O) groups is 1. The van der Waals surface area contributed by atoms with Crippen molar-refractivity contribution >= 4 is 11.7 Å². The fourth-order valence-corrected chi connectivity index (χ4v) is 3.85. The van der Waals surface area contributed by atoms with Gasteiger partial charge in [0.25, 0.3) is 0 Å². The van der Waals surface area contributed by atoms with Crippen LogP contribution in [0, 0.1) is 5.92 Å². The van der Waals surface area contributed by atoms with Crippen molar-refractivity contribution in [2.24, 2.45) is 11.7 Å². The Morgan fingerprint density at radius 2 is 2.05 bits per heavy atom. The minimum atomic E-state index is 0.0563. The molecule has 2 amide bonds. The zero-order chi connectivity index (χ0) is 14.7. The number of piperidine rings is 1. The normalized spacial score (nSPS) is 25.3. The number of rotatable bonds is 2. The lowest BCUT2D eigenvalue weighted by atomic mass is 9.78. The summed E-state index contributed by atoms with van der Waals surface area (Å²) < 4.78 is 0. The standard InChI is InChI=1S/C17H25N3O/c18-12-13-5-3-8-15(11-13)19-17(21)20-10-4-7-14-6-1-2-9-16(14)20/h3,5,8,11,14,16H,1-2,4,6-7,9-10,12,18H2,(H,19,21)/t14-,16-/m1/s1. The Morgan fingerprint density at radius 1 is 1.24 bits per heavy atom. The fraction of sp³-hybridized carbons (Fsp3) is 0.588. The summed E-state index contributed by atoms with van der Waals surface area (Å²) in [4.78, 5) is 14.7. The molecule has 1 aromatic rings. The molecule has 4 nitrogen and oxygen atoms in total. The third-order valence-corrected chi connectivity index (χ3v) is 4.92.